The molecule has 1 heterocycles. The number of nitrogens with zero attached hydrogens (tertiary/aromatic N) is 1. The van der Waals surface area contributed by atoms with Crippen LogP contribution in [0.4, 0.5) is 11.4 Å². The summed E-state index contributed by atoms with van der Waals surface area (Å²) in [5.41, 5.74) is 3.38. The summed E-state index contributed by atoms with van der Waals surface area (Å²) < 4.78 is 10.6. The minimum absolute atomic E-state index is 0.103. The third-order valence-corrected chi connectivity index (χ3v) is 5.67. The number of ether oxygens (including phenoxy) is 2. The topological polar surface area (TPSA) is 67.9 Å². The molecule has 0 fully saturated rings. The Balaban J connectivity index is 1.57. The monoisotopic (exact) mass is 450 g/mol. The molecular formula is C25H23ClN2O4. The molecule has 1 aliphatic rings. The highest BCUT2D eigenvalue weighted by Gasteiger charge is 2.25. The summed E-state index contributed by atoms with van der Waals surface area (Å²) in [5.74, 6) is 0.787. The van der Waals surface area contributed by atoms with E-state index in [4.69, 9.17) is 21.1 Å². The first-order valence-electron chi connectivity index (χ1n) is 10.2. The maximum Gasteiger partial charge on any atom is 0.258 e. The van der Waals surface area contributed by atoms with Crippen molar-refractivity contribution in [2.45, 2.75) is 12.8 Å². The van der Waals surface area contributed by atoms with E-state index in [0.717, 1.165) is 24.1 Å². The molecule has 4 rings (SSSR count). The fourth-order valence-electron chi connectivity index (χ4n) is 3.82. The second-order valence-corrected chi connectivity index (χ2v) is 7.87. The van der Waals surface area contributed by atoms with Crippen LogP contribution in [-0.2, 0) is 6.42 Å². The van der Waals surface area contributed by atoms with Gasteiger partial charge in [-0.15, -0.1) is 0 Å². The largest absolute Gasteiger partial charge is 0.497 e. The summed E-state index contributed by atoms with van der Waals surface area (Å²) in [7, 11) is 3.11. The molecule has 1 N–H and O–H groups in total. The summed E-state index contributed by atoms with van der Waals surface area (Å²) in [6.45, 7) is 0.618. The Morgan fingerprint density at radius 2 is 1.81 bits per heavy atom. The van der Waals surface area contributed by atoms with Gasteiger partial charge in [0.1, 0.15) is 11.5 Å². The average molecular weight is 451 g/mol. The molecule has 0 bridgehead atoms. The molecule has 164 valence electrons. The molecule has 1 aliphatic heterocycles. The molecule has 7 heteroatoms. The van der Waals surface area contributed by atoms with Gasteiger partial charge in [0, 0.05) is 34.4 Å². The number of carbonyl (C=O) groups is 2. The summed E-state index contributed by atoms with van der Waals surface area (Å²) in [5, 5.41) is 3.41. The van der Waals surface area contributed by atoms with Gasteiger partial charge in [-0.2, -0.15) is 0 Å². The number of aryl methyl sites for hydroxylation is 1. The van der Waals surface area contributed by atoms with E-state index in [-0.39, 0.29) is 11.8 Å². The molecule has 0 spiro atoms. The lowest BCUT2D eigenvalue weighted by Gasteiger charge is -2.30. The molecule has 3 aromatic rings. The minimum Gasteiger partial charge on any atom is -0.497 e. The van der Waals surface area contributed by atoms with Crippen molar-refractivity contribution >= 4 is 34.8 Å². The van der Waals surface area contributed by atoms with Gasteiger partial charge in [-0.05, 0) is 66.9 Å². The maximum atomic E-state index is 13.1. The number of carbonyl (C=O) groups excluding carboxylic acids is 2. The van der Waals surface area contributed by atoms with E-state index in [1.807, 2.05) is 12.1 Å². The number of hydrogen-bond acceptors (Lipinski definition) is 4. The van der Waals surface area contributed by atoms with Crippen LogP contribution < -0.4 is 19.7 Å². The van der Waals surface area contributed by atoms with Gasteiger partial charge in [-0.3, -0.25) is 9.59 Å². The zero-order valence-electron chi connectivity index (χ0n) is 17.9. The lowest BCUT2D eigenvalue weighted by Crippen LogP contribution is -2.35. The number of rotatable bonds is 5. The third kappa shape index (κ3) is 4.41. The molecule has 0 aliphatic carbocycles. The lowest BCUT2D eigenvalue weighted by atomic mass is 9.98. The zero-order chi connectivity index (χ0) is 22.7. The van der Waals surface area contributed by atoms with Crippen molar-refractivity contribution < 1.29 is 19.1 Å². The van der Waals surface area contributed by atoms with Gasteiger partial charge in [0.25, 0.3) is 11.8 Å². The number of nitrogens with one attached hydrogen (secondary N) is 1. The van der Waals surface area contributed by atoms with Crippen molar-refractivity contribution in [3.8, 4) is 11.5 Å². The molecule has 0 aromatic heterocycles. The molecule has 32 heavy (non-hydrogen) atoms. The molecule has 0 atom stereocenters. The maximum absolute atomic E-state index is 13.1. The van der Waals surface area contributed by atoms with Crippen LogP contribution in [0.1, 0.15) is 32.7 Å². The Labute approximate surface area is 191 Å². The van der Waals surface area contributed by atoms with Gasteiger partial charge < -0.3 is 19.7 Å². The number of amides is 2. The number of fused-ring (bicyclic) bond motifs is 1. The van der Waals surface area contributed by atoms with Gasteiger partial charge in [0.05, 0.1) is 19.9 Å². The number of anilines is 2. The van der Waals surface area contributed by atoms with Crippen molar-refractivity contribution in [2.24, 2.45) is 0 Å². The SMILES string of the molecule is COc1ccc(NC(=O)c2ccc3c(c2)CCCN3C(=O)c2cccc(Cl)c2)c(OC)c1. The highest BCUT2D eigenvalue weighted by Crippen LogP contribution is 2.32. The highest BCUT2D eigenvalue weighted by molar-refractivity contribution is 6.31. The molecule has 0 saturated carbocycles. The Hall–Kier alpha value is -3.51. The van der Waals surface area contributed by atoms with Crippen LogP contribution in [0.25, 0.3) is 0 Å². The summed E-state index contributed by atoms with van der Waals surface area (Å²) in [6, 6.07) is 17.5. The number of hydrogen-bond donors (Lipinski definition) is 1. The molecule has 3 aromatic carbocycles. The Bertz CT molecular complexity index is 1180. The lowest BCUT2D eigenvalue weighted by molar-refractivity contribution is 0.0984. The molecule has 0 unspecified atom stereocenters. The summed E-state index contributed by atoms with van der Waals surface area (Å²) in [4.78, 5) is 27.7. The summed E-state index contributed by atoms with van der Waals surface area (Å²) in [6.07, 6.45) is 1.61. The highest BCUT2D eigenvalue weighted by atomic mass is 35.5. The number of methoxy groups -OCH3 is 2. The smallest absolute Gasteiger partial charge is 0.258 e. The predicted octanol–water partition coefficient (Wildman–Crippen LogP) is 5.20. The van der Waals surface area contributed by atoms with Crippen molar-refractivity contribution in [2.75, 3.05) is 31.0 Å². The fourth-order valence-corrected chi connectivity index (χ4v) is 4.01. The Morgan fingerprint density at radius 3 is 2.56 bits per heavy atom. The first kappa shape index (κ1) is 21.7. The third-order valence-electron chi connectivity index (χ3n) is 5.43. The van der Waals surface area contributed by atoms with E-state index in [2.05, 4.69) is 5.32 Å². The zero-order valence-corrected chi connectivity index (χ0v) is 18.6. The molecular weight excluding hydrogens is 428 g/mol. The van der Waals surface area contributed by atoms with Crippen LogP contribution in [0.15, 0.2) is 60.7 Å². The number of halogens is 1. The van der Waals surface area contributed by atoms with Gasteiger partial charge in [-0.25, -0.2) is 0 Å². The van der Waals surface area contributed by atoms with Crippen molar-refractivity contribution in [1.82, 2.24) is 0 Å². The summed E-state index contributed by atoms with van der Waals surface area (Å²) >= 11 is 6.06. The molecule has 2 amide bonds. The fraction of sp³-hybridized carbons (Fsp3) is 0.200. The van der Waals surface area contributed by atoms with Crippen LogP contribution in [0.2, 0.25) is 5.02 Å². The molecule has 0 saturated heterocycles. The van der Waals surface area contributed by atoms with Crippen molar-refractivity contribution in [3.05, 3.63) is 82.4 Å². The van der Waals surface area contributed by atoms with Gasteiger partial charge >= 0.3 is 0 Å². The van der Waals surface area contributed by atoms with E-state index < -0.39 is 0 Å². The first-order chi connectivity index (χ1) is 15.5. The van der Waals surface area contributed by atoms with Gasteiger partial charge in [0.15, 0.2) is 0 Å². The van der Waals surface area contributed by atoms with E-state index in [9.17, 15) is 9.59 Å². The van der Waals surface area contributed by atoms with Gasteiger partial charge in [-0.1, -0.05) is 17.7 Å². The van der Waals surface area contributed by atoms with Crippen molar-refractivity contribution in [3.63, 3.8) is 0 Å². The molecule has 6 nitrogen and oxygen atoms in total. The average Bonchev–Trinajstić information content (AvgIpc) is 2.83. The van der Waals surface area contributed by atoms with Gasteiger partial charge in [0.2, 0.25) is 0 Å². The Kier molecular flexibility index (Phi) is 6.32. The van der Waals surface area contributed by atoms with Crippen LogP contribution in [-0.4, -0.2) is 32.6 Å². The number of benzene rings is 3. The first-order valence-corrected chi connectivity index (χ1v) is 10.6. The van der Waals surface area contributed by atoms with Crippen LogP contribution in [0.3, 0.4) is 0 Å². The normalized spacial score (nSPS) is 12.7. The van der Waals surface area contributed by atoms with Crippen LogP contribution in [0.5, 0.6) is 11.5 Å². The van der Waals surface area contributed by atoms with E-state index >= 15 is 0 Å². The second kappa shape index (κ2) is 9.32. The van der Waals surface area contributed by atoms with Crippen LogP contribution >= 0.6 is 11.6 Å². The van der Waals surface area contributed by atoms with Crippen molar-refractivity contribution in [1.29, 1.82) is 0 Å². The van der Waals surface area contributed by atoms with E-state index in [1.165, 1.54) is 7.11 Å². The standard InChI is InChI=1S/C25H23ClN2O4/c1-31-20-9-10-21(23(15-20)32-2)27-24(29)17-8-11-22-16(13-17)6-4-12-28(22)25(30)18-5-3-7-19(26)14-18/h3,5,7-11,13-15H,4,6,12H2,1-2H3,(H,27,29). The Morgan fingerprint density at radius 1 is 0.969 bits per heavy atom. The second-order valence-electron chi connectivity index (χ2n) is 7.43. The van der Waals surface area contributed by atoms with E-state index in [0.29, 0.717) is 39.9 Å². The predicted molar refractivity (Wildman–Crippen MR) is 125 cm³/mol. The molecule has 0 radical (unpaired) electrons. The van der Waals surface area contributed by atoms with E-state index in [1.54, 1.807) is 60.5 Å². The van der Waals surface area contributed by atoms with Crippen LogP contribution in [0, 0.1) is 0 Å². The quantitative estimate of drug-likeness (QED) is 0.580. The minimum atomic E-state index is -0.255.